The molecule has 124 valence electrons. The Balaban J connectivity index is 1.93. The van der Waals surface area contributed by atoms with E-state index in [9.17, 15) is 8.42 Å². The van der Waals surface area contributed by atoms with E-state index in [0.29, 0.717) is 28.9 Å². The van der Waals surface area contributed by atoms with Crippen molar-refractivity contribution >= 4 is 9.84 Å². The van der Waals surface area contributed by atoms with Gasteiger partial charge in [-0.2, -0.15) is 0 Å². The summed E-state index contributed by atoms with van der Waals surface area (Å²) in [7, 11) is -2.76. The van der Waals surface area contributed by atoms with Crippen molar-refractivity contribution in [1.29, 1.82) is 0 Å². The van der Waals surface area contributed by atoms with Crippen molar-refractivity contribution in [3.05, 3.63) is 0 Å². The quantitative estimate of drug-likeness (QED) is 0.842. The minimum atomic E-state index is -2.76. The summed E-state index contributed by atoms with van der Waals surface area (Å²) in [6.45, 7) is 10.5. The first kappa shape index (κ1) is 17.2. The first-order chi connectivity index (χ1) is 9.81. The molecule has 0 radical (unpaired) electrons. The largest absolute Gasteiger partial charge is 0.314 e. The Morgan fingerprint density at radius 1 is 1.24 bits per heavy atom. The van der Waals surface area contributed by atoms with E-state index < -0.39 is 9.84 Å². The minimum absolute atomic E-state index is 0.343. The maximum absolute atomic E-state index is 11.6. The second kappa shape index (κ2) is 6.97. The molecule has 2 unspecified atom stereocenters. The van der Waals surface area contributed by atoms with E-state index in [1.165, 1.54) is 25.7 Å². The van der Waals surface area contributed by atoms with E-state index in [0.717, 1.165) is 26.2 Å². The normalized spacial score (nSPS) is 32.9. The highest BCUT2D eigenvalue weighted by atomic mass is 32.2. The van der Waals surface area contributed by atoms with Crippen LogP contribution in [0.2, 0.25) is 0 Å². The molecular weight excluding hydrogens is 284 g/mol. The third kappa shape index (κ3) is 5.22. The lowest BCUT2D eigenvalue weighted by molar-refractivity contribution is 0.103. The predicted molar refractivity (Wildman–Crippen MR) is 88.3 cm³/mol. The highest BCUT2D eigenvalue weighted by molar-refractivity contribution is 7.91. The summed E-state index contributed by atoms with van der Waals surface area (Å²) in [6.07, 6.45) is 4.97. The molecule has 0 spiro atoms. The first-order valence-corrected chi connectivity index (χ1v) is 10.3. The molecule has 0 aromatic rings. The van der Waals surface area contributed by atoms with Gasteiger partial charge in [-0.1, -0.05) is 20.8 Å². The van der Waals surface area contributed by atoms with Crippen LogP contribution >= 0.6 is 0 Å². The van der Waals surface area contributed by atoms with Gasteiger partial charge in [0.05, 0.1) is 11.5 Å². The molecule has 0 amide bonds. The number of nitrogens with zero attached hydrogens (tertiary/aromatic N) is 1. The number of nitrogens with one attached hydrogen (secondary N) is 1. The Labute approximate surface area is 130 Å². The smallest absolute Gasteiger partial charge is 0.152 e. The molecule has 2 fully saturated rings. The fraction of sp³-hybridized carbons (Fsp3) is 1.00. The van der Waals surface area contributed by atoms with Crippen molar-refractivity contribution in [2.45, 2.75) is 52.5 Å². The fourth-order valence-electron chi connectivity index (χ4n) is 3.79. The van der Waals surface area contributed by atoms with Crippen molar-refractivity contribution in [1.82, 2.24) is 10.2 Å². The molecule has 1 N–H and O–H groups in total. The molecule has 21 heavy (non-hydrogen) atoms. The van der Waals surface area contributed by atoms with Crippen molar-refractivity contribution in [2.75, 3.05) is 37.7 Å². The van der Waals surface area contributed by atoms with Crippen LogP contribution in [0.3, 0.4) is 0 Å². The maximum atomic E-state index is 11.6. The van der Waals surface area contributed by atoms with Gasteiger partial charge >= 0.3 is 0 Å². The monoisotopic (exact) mass is 316 g/mol. The van der Waals surface area contributed by atoms with Gasteiger partial charge in [0.2, 0.25) is 0 Å². The average molecular weight is 317 g/mol. The molecule has 5 heteroatoms. The number of hydrogen-bond donors (Lipinski definition) is 1. The Morgan fingerprint density at radius 2 is 1.90 bits per heavy atom. The van der Waals surface area contributed by atoms with Crippen LogP contribution in [-0.4, -0.2) is 57.0 Å². The Morgan fingerprint density at radius 3 is 2.52 bits per heavy atom. The summed E-state index contributed by atoms with van der Waals surface area (Å²) >= 11 is 0. The number of rotatable bonds is 5. The van der Waals surface area contributed by atoms with Gasteiger partial charge in [-0.05, 0) is 43.6 Å². The molecule has 0 aromatic heterocycles. The van der Waals surface area contributed by atoms with Gasteiger partial charge in [-0.3, -0.25) is 0 Å². The second-order valence-electron chi connectivity index (χ2n) is 7.68. The summed E-state index contributed by atoms with van der Waals surface area (Å²) in [4.78, 5) is 2.37. The molecule has 2 rings (SSSR count). The van der Waals surface area contributed by atoms with Gasteiger partial charge in [-0.25, -0.2) is 8.42 Å². The Hall–Kier alpha value is -0.130. The zero-order valence-corrected chi connectivity index (χ0v) is 14.7. The van der Waals surface area contributed by atoms with E-state index in [2.05, 4.69) is 31.0 Å². The van der Waals surface area contributed by atoms with E-state index >= 15 is 0 Å². The molecule has 2 aliphatic rings. The summed E-state index contributed by atoms with van der Waals surface area (Å²) in [6, 6.07) is 0.608. The van der Waals surface area contributed by atoms with Crippen LogP contribution in [0.5, 0.6) is 0 Å². The zero-order valence-electron chi connectivity index (χ0n) is 13.9. The molecule has 1 aliphatic heterocycles. The van der Waals surface area contributed by atoms with E-state index in [1.54, 1.807) is 0 Å². The van der Waals surface area contributed by atoms with Crippen LogP contribution in [0.25, 0.3) is 0 Å². The summed E-state index contributed by atoms with van der Waals surface area (Å²) < 4.78 is 23.1. The summed E-state index contributed by atoms with van der Waals surface area (Å²) in [5, 5.41) is 3.72. The van der Waals surface area contributed by atoms with Gasteiger partial charge in [-0.15, -0.1) is 0 Å². The topological polar surface area (TPSA) is 49.4 Å². The van der Waals surface area contributed by atoms with E-state index in [-0.39, 0.29) is 0 Å². The molecule has 1 saturated carbocycles. The van der Waals surface area contributed by atoms with E-state index in [1.807, 2.05) is 0 Å². The van der Waals surface area contributed by atoms with Crippen LogP contribution in [0.15, 0.2) is 0 Å². The molecule has 4 nitrogen and oxygen atoms in total. The van der Waals surface area contributed by atoms with Gasteiger partial charge in [0, 0.05) is 25.7 Å². The molecule has 0 bridgehead atoms. The van der Waals surface area contributed by atoms with Crippen molar-refractivity contribution in [3.63, 3.8) is 0 Å². The third-order valence-electron chi connectivity index (χ3n) is 5.10. The molecule has 1 heterocycles. The van der Waals surface area contributed by atoms with E-state index in [4.69, 9.17) is 0 Å². The van der Waals surface area contributed by atoms with Crippen molar-refractivity contribution in [3.8, 4) is 0 Å². The lowest BCUT2D eigenvalue weighted by Gasteiger charge is -2.43. The van der Waals surface area contributed by atoms with Gasteiger partial charge < -0.3 is 10.2 Å². The number of sulfone groups is 1. The highest BCUT2D eigenvalue weighted by Crippen LogP contribution is 2.39. The molecule has 1 saturated heterocycles. The van der Waals surface area contributed by atoms with Crippen LogP contribution in [0.4, 0.5) is 0 Å². The standard InChI is InChI=1S/C16H32N2O2S/c1-4-7-17-15-5-6-16(2,3)12-14(15)13-18-8-10-21(19,20)11-9-18/h14-15,17H,4-13H2,1-3H3. The van der Waals surface area contributed by atoms with Crippen LogP contribution in [0, 0.1) is 11.3 Å². The maximum Gasteiger partial charge on any atom is 0.152 e. The second-order valence-corrected chi connectivity index (χ2v) is 9.98. The van der Waals surface area contributed by atoms with Crippen LogP contribution < -0.4 is 5.32 Å². The van der Waals surface area contributed by atoms with Crippen LogP contribution in [-0.2, 0) is 9.84 Å². The molecule has 2 atom stereocenters. The van der Waals surface area contributed by atoms with Crippen LogP contribution in [0.1, 0.15) is 46.5 Å². The van der Waals surface area contributed by atoms with Gasteiger partial charge in [0.25, 0.3) is 0 Å². The first-order valence-electron chi connectivity index (χ1n) is 8.47. The summed E-state index contributed by atoms with van der Waals surface area (Å²) in [5.74, 6) is 1.34. The number of hydrogen-bond acceptors (Lipinski definition) is 4. The van der Waals surface area contributed by atoms with Gasteiger partial charge in [0.15, 0.2) is 9.84 Å². The predicted octanol–water partition coefficient (Wildman–Crippen LogP) is 1.91. The Kier molecular flexibility index (Phi) is 5.71. The SMILES string of the molecule is CCCNC1CCC(C)(C)CC1CN1CCS(=O)(=O)CC1. The Bertz CT molecular complexity index is 420. The fourth-order valence-corrected chi connectivity index (χ4v) is 5.07. The highest BCUT2D eigenvalue weighted by Gasteiger charge is 2.36. The van der Waals surface area contributed by atoms with Crippen molar-refractivity contribution in [2.24, 2.45) is 11.3 Å². The molecule has 0 aromatic carbocycles. The lowest BCUT2D eigenvalue weighted by atomic mass is 9.69. The summed E-state index contributed by atoms with van der Waals surface area (Å²) in [5.41, 5.74) is 0.428. The van der Waals surface area contributed by atoms with Crippen molar-refractivity contribution < 1.29 is 8.42 Å². The average Bonchev–Trinajstić information content (AvgIpc) is 2.40. The third-order valence-corrected chi connectivity index (χ3v) is 6.71. The minimum Gasteiger partial charge on any atom is -0.314 e. The lowest BCUT2D eigenvalue weighted by Crippen LogP contribution is -2.50. The molecular formula is C16H32N2O2S. The van der Waals surface area contributed by atoms with Gasteiger partial charge in [0.1, 0.15) is 0 Å². The molecule has 1 aliphatic carbocycles. The zero-order chi connectivity index (χ0) is 15.5.